The van der Waals surface area contributed by atoms with Crippen LogP contribution >= 0.6 is 0 Å². The molecule has 1 saturated heterocycles. The number of hydrogen-bond acceptors (Lipinski definition) is 3. The monoisotopic (exact) mass is 197 g/mol. The fourth-order valence-corrected chi connectivity index (χ4v) is 1.94. The van der Waals surface area contributed by atoms with Crippen molar-refractivity contribution in [1.82, 2.24) is 4.90 Å². The summed E-state index contributed by atoms with van der Waals surface area (Å²) in [5.74, 6) is 0.323. The number of ether oxygens (including phenoxy) is 1. The second kappa shape index (κ2) is 4.60. The normalized spacial score (nSPS) is 29.9. The zero-order chi connectivity index (χ0) is 10.7. The molecule has 0 saturated carbocycles. The Morgan fingerprint density at radius 1 is 1.64 bits per heavy atom. The predicted octanol–water partition coefficient (Wildman–Crippen LogP) is 1.30. The molecule has 0 aliphatic carbocycles. The third kappa shape index (κ3) is 2.15. The Labute approximate surface area is 85.7 Å². The van der Waals surface area contributed by atoms with Gasteiger partial charge in [0.2, 0.25) is 0 Å². The Kier molecular flexibility index (Phi) is 3.69. The number of rotatable bonds is 3. The Morgan fingerprint density at radius 3 is 2.79 bits per heavy atom. The van der Waals surface area contributed by atoms with Crippen LogP contribution in [0.15, 0.2) is 12.7 Å². The summed E-state index contributed by atoms with van der Waals surface area (Å²) in [6.07, 6.45) is 1.91. The number of hydrogen-bond donors (Lipinski definition) is 0. The first-order valence-electron chi connectivity index (χ1n) is 5.04. The molecule has 0 bridgehead atoms. The van der Waals surface area contributed by atoms with Crippen LogP contribution in [0.1, 0.15) is 13.8 Å². The second-order valence-electron chi connectivity index (χ2n) is 4.04. The molecule has 0 aromatic rings. The van der Waals surface area contributed by atoms with E-state index in [1.54, 1.807) is 0 Å². The van der Waals surface area contributed by atoms with Crippen molar-refractivity contribution in [1.29, 1.82) is 0 Å². The third-order valence-electron chi connectivity index (χ3n) is 3.06. The van der Waals surface area contributed by atoms with Gasteiger partial charge in [0.05, 0.1) is 13.0 Å². The van der Waals surface area contributed by atoms with E-state index in [0.717, 1.165) is 13.1 Å². The van der Waals surface area contributed by atoms with Gasteiger partial charge < -0.3 is 4.74 Å². The van der Waals surface area contributed by atoms with Crippen molar-refractivity contribution < 1.29 is 9.53 Å². The van der Waals surface area contributed by atoms with Crippen molar-refractivity contribution in [3.05, 3.63) is 12.7 Å². The molecule has 3 unspecified atom stereocenters. The molecule has 1 aliphatic heterocycles. The summed E-state index contributed by atoms with van der Waals surface area (Å²) in [6, 6.07) is 0.340. The van der Waals surface area contributed by atoms with Gasteiger partial charge in [-0.25, -0.2) is 0 Å². The molecule has 1 heterocycles. The van der Waals surface area contributed by atoms with Crippen molar-refractivity contribution in [2.24, 2.45) is 11.8 Å². The number of methoxy groups -OCH3 is 1. The van der Waals surface area contributed by atoms with E-state index in [-0.39, 0.29) is 11.9 Å². The first-order chi connectivity index (χ1) is 6.60. The van der Waals surface area contributed by atoms with E-state index >= 15 is 0 Å². The largest absolute Gasteiger partial charge is 0.469 e. The van der Waals surface area contributed by atoms with Crippen LogP contribution < -0.4 is 0 Å². The third-order valence-corrected chi connectivity index (χ3v) is 3.06. The van der Waals surface area contributed by atoms with E-state index in [9.17, 15) is 4.79 Å². The molecule has 80 valence electrons. The maximum atomic E-state index is 11.4. The topological polar surface area (TPSA) is 29.5 Å². The lowest BCUT2D eigenvalue weighted by atomic mass is 9.99. The molecule has 0 amide bonds. The van der Waals surface area contributed by atoms with Gasteiger partial charge in [-0.15, -0.1) is 6.58 Å². The zero-order valence-electron chi connectivity index (χ0n) is 9.19. The Bertz CT molecular complexity index is 227. The first-order valence-corrected chi connectivity index (χ1v) is 5.04. The highest BCUT2D eigenvalue weighted by Crippen LogP contribution is 2.25. The second-order valence-corrected chi connectivity index (χ2v) is 4.04. The van der Waals surface area contributed by atoms with Crippen molar-refractivity contribution >= 4 is 5.97 Å². The van der Waals surface area contributed by atoms with Gasteiger partial charge >= 0.3 is 5.97 Å². The molecule has 1 aliphatic rings. The molecule has 3 nitrogen and oxygen atoms in total. The summed E-state index contributed by atoms with van der Waals surface area (Å²) >= 11 is 0. The summed E-state index contributed by atoms with van der Waals surface area (Å²) < 4.78 is 4.77. The van der Waals surface area contributed by atoms with E-state index in [1.165, 1.54) is 7.11 Å². The first kappa shape index (κ1) is 11.2. The van der Waals surface area contributed by atoms with Gasteiger partial charge in [-0.3, -0.25) is 9.69 Å². The minimum atomic E-state index is -0.0868. The quantitative estimate of drug-likeness (QED) is 0.504. The molecule has 0 spiro atoms. The van der Waals surface area contributed by atoms with E-state index in [2.05, 4.69) is 25.3 Å². The minimum absolute atomic E-state index is 0.0300. The van der Waals surface area contributed by atoms with E-state index in [1.807, 2.05) is 6.08 Å². The molecule has 0 aromatic heterocycles. The van der Waals surface area contributed by atoms with Crippen LogP contribution in [-0.4, -0.2) is 37.1 Å². The molecule has 0 N–H and O–H groups in total. The van der Waals surface area contributed by atoms with Crippen LogP contribution in [0, 0.1) is 11.8 Å². The Hall–Kier alpha value is -0.830. The van der Waals surface area contributed by atoms with Crippen molar-refractivity contribution in [3.8, 4) is 0 Å². The standard InChI is InChI=1S/C11H19NO2/c1-5-9(3)12-6-8(2)10(7-12)11(13)14-4/h5,8-10H,1,6-7H2,2-4H3. The smallest absolute Gasteiger partial charge is 0.310 e. The summed E-state index contributed by atoms with van der Waals surface area (Å²) in [4.78, 5) is 13.7. The van der Waals surface area contributed by atoms with Crippen molar-refractivity contribution in [2.45, 2.75) is 19.9 Å². The molecule has 3 heteroatoms. The van der Waals surface area contributed by atoms with E-state index in [0.29, 0.717) is 12.0 Å². The van der Waals surface area contributed by atoms with Gasteiger partial charge in [-0.2, -0.15) is 0 Å². The summed E-state index contributed by atoms with van der Waals surface area (Å²) in [5.41, 5.74) is 0. The number of nitrogens with zero attached hydrogens (tertiary/aromatic N) is 1. The molecular weight excluding hydrogens is 178 g/mol. The predicted molar refractivity (Wildman–Crippen MR) is 55.9 cm³/mol. The molecule has 0 radical (unpaired) electrons. The van der Waals surface area contributed by atoms with Gasteiger partial charge in [-0.1, -0.05) is 13.0 Å². The Morgan fingerprint density at radius 2 is 2.29 bits per heavy atom. The number of esters is 1. The van der Waals surface area contributed by atoms with Gasteiger partial charge in [0.1, 0.15) is 0 Å². The lowest BCUT2D eigenvalue weighted by molar-refractivity contribution is -0.146. The number of carbonyl (C=O) groups is 1. The van der Waals surface area contributed by atoms with E-state index < -0.39 is 0 Å². The van der Waals surface area contributed by atoms with E-state index in [4.69, 9.17) is 4.74 Å². The van der Waals surface area contributed by atoms with Crippen LogP contribution in [0.3, 0.4) is 0 Å². The summed E-state index contributed by atoms with van der Waals surface area (Å²) in [7, 11) is 1.45. The molecular formula is C11H19NO2. The zero-order valence-corrected chi connectivity index (χ0v) is 9.19. The lowest BCUT2D eigenvalue weighted by Crippen LogP contribution is -2.30. The highest BCUT2D eigenvalue weighted by Gasteiger charge is 2.36. The average Bonchev–Trinajstić information content (AvgIpc) is 2.58. The fourth-order valence-electron chi connectivity index (χ4n) is 1.94. The summed E-state index contributed by atoms with van der Waals surface area (Å²) in [6.45, 7) is 9.70. The SMILES string of the molecule is C=CC(C)N1CC(C)C(C(=O)OC)C1. The van der Waals surface area contributed by atoms with Crippen molar-refractivity contribution in [2.75, 3.05) is 20.2 Å². The Balaban J connectivity index is 2.59. The van der Waals surface area contributed by atoms with Crippen LogP contribution in [0.2, 0.25) is 0 Å². The molecule has 0 aromatic carbocycles. The molecule has 3 atom stereocenters. The van der Waals surface area contributed by atoms with Crippen molar-refractivity contribution in [3.63, 3.8) is 0 Å². The highest BCUT2D eigenvalue weighted by molar-refractivity contribution is 5.73. The fraction of sp³-hybridized carbons (Fsp3) is 0.727. The molecule has 1 rings (SSSR count). The summed E-state index contributed by atoms with van der Waals surface area (Å²) in [5, 5.41) is 0. The van der Waals surface area contributed by atoms with Crippen LogP contribution in [-0.2, 0) is 9.53 Å². The van der Waals surface area contributed by atoms with Crippen LogP contribution in [0.4, 0.5) is 0 Å². The molecule has 14 heavy (non-hydrogen) atoms. The number of likely N-dealkylation sites (tertiary alicyclic amines) is 1. The molecule has 1 fully saturated rings. The maximum Gasteiger partial charge on any atom is 0.310 e. The van der Waals surface area contributed by atoms with Gasteiger partial charge in [-0.05, 0) is 12.8 Å². The van der Waals surface area contributed by atoms with Gasteiger partial charge in [0.15, 0.2) is 0 Å². The number of carbonyl (C=O) groups excluding carboxylic acids is 1. The van der Waals surface area contributed by atoms with Gasteiger partial charge in [0.25, 0.3) is 0 Å². The lowest BCUT2D eigenvalue weighted by Gasteiger charge is -2.20. The average molecular weight is 197 g/mol. The maximum absolute atomic E-state index is 11.4. The van der Waals surface area contributed by atoms with Crippen LogP contribution in [0.5, 0.6) is 0 Å². The minimum Gasteiger partial charge on any atom is -0.469 e. The highest BCUT2D eigenvalue weighted by atomic mass is 16.5. The van der Waals surface area contributed by atoms with Crippen LogP contribution in [0.25, 0.3) is 0 Å². The van der Waals surface area contributed by atoms with Gasteiger partial charge in [0, 0.05) is 19.1 Å².